The Morgan fingerprint density at radius 3 is 2.55 bits per heavy atom. The number of alkyl halides is 3. The maximum atomic E-state index is 12.6. The van der Waals surface area contributed by atoms with Crippen molar-refractivity contribution in [1.29, 1.82) is 0 Å². The van der Waals surface area contributed by atoms with Crippen molar-refractivity contribution in [3.8, 4) is 0 Å². The van der Waals surface area contributed by atoms with Gasteiger partial charge in [-0.15, -0.1) is 0 Å². The Morgan fingerprint density at radius 1 is 1.30 bits per heavy atom. The highest BCUT2D eigenvalue weighted by Gasteiger charge is 2.31. The molecule has 1 unspecified atom stereocenters. The Kier molecular flexibility index (Phi) is 3.89. The number of rotatable bonds is 2. The summed E-state index contributed by atoms with van der Waals surface area (Å²) in [6.07, 6.45) is 0.00964. The molecule has 1 atom stereocenters. The van der Waals surface area contributed by atoms with Crippen molar-refractivity contribution in [3.05, 3.63) is 23.8 Å². The lowest BCUT2D eigenvalue weighted by Gasteiger charge is -2.36. The molecule has 0 heterocycles. The Morgan fingerprint density at radius 2 is 2.00 bits per heavy atom. The molecule has 1 aromatic rings. The van der Waals surface area contributed by atoms with Crippen molar-refractivity contribution in [1.82, 2.24) is 0 Å². The number of anilines is 2. The van der Waals surface area contributed by atoms with Crippen LogP contribution in [0.3, 0.4) is 0 Å². The van der Waals surface area contributed by atoms with Crippen LogP contribution in [0.2, 0.25) is 0 Å². The fourth-order valence-corrected chi connectivity index (χ4v) is 2.91. The molecule has 0 aliphatic heterocycles. The minimum Gasteiger partial charge on any atom is -0.397 e. The molecule has 3 N–H and O–H groups in total. The number of benzene rings is 1. The molecule has 0 saturated heterocycles. The minimum atomic E-state index is -4.35. The molecule has 0 aromatic heterocycles. The maximum Gasteiger partial charge on any atom is 0.416 e. The van der Waals surface area contributed by atoms with E-state index in [0.717, 1.165) is 31.4 Å². The number of nitrogens with two attached hydrogens (primary N) is 1. The highest BCUT2D eigenvalue weighted by Crippen LogP contribution is 2.38. The van der Waals surface area contributed by atoms with E-state index in [-0.39, 0.29) is 17.1 Å². The molecule has 0 radical (unpaired) electrons. The zero-order chi connectivity index (χ0) is 15.0. The van der Waals surface area contributed by atoms with Crippen LogP contribution in [0, 0.1) is 5.41 Å². The van der Waals surface area contributed by atoms with Gasteiger partial charge in [0.2, 0.25) is 0 Å². The smallest absolute Gasteiger partial charge is 0.397 e. The van der Waals surface area contributed by atoms with Crippen LogP contribution in [0.4, 0.5) is 24.5 Å². The molecule has 1 aliphatic rings. The topological polar surface area (TPSA) is 38.0 Å². The number of nitrogens with one attached hydrogen (secondary N) is 1. The number of nitrogen functional groups attached to an aromatic ring is 1. The summed E-state index contributed by atoms with van der Waals surface area (Å²) in [6.45, 7) is 4.44. The van der Waals surface area contributed by atoms with Gasteiger partial charge in [0.15, 0.2) is 0 Å². The van der Waals surface area contributed by atoms with Crippen LogP contribution in [0.25, 0.3) is 0 Å². The van der Waals surface area contributed by atoms with Gasteiger partial charge in [0.1, 0.15) is 0 Å². The van der Waals surface area contributed by atoms with E-state index >= 15 is 0 Å². The molecule has 112 valence electrons. The van der Waals surface area contributed by atoms with Gasteiger partial charge >= 0.3 is 6.18 Å². The van der Waals surface area contributed by atoms with E-state index in [2.05, 4.69) is 19.2 Å². The van der Waals surface area contributed by atoms with E-state index < -0.39 is 11.7 Å². The first-order chi connectivity index (χ1) is 9.17. The van der Waals surface area contributed by atoms with E-state index in [1.54, 1.807) is 0 Å². The predicted molar refractivity (Wildman–Crippen MR) is 75.5 cm³/mol. The summed E-state index contributed by atoms with van der Waals surface area (Å²) < 4.78 is 37.8. The van der Waals surface area contributed by atoms with Crippen molar-refractivity contribution in [2.45, 2.75) is 51.7 Å². The summed E-state index contributed by atoms with van der Waals surface area (Å²) in [6, 6.07) is 3.78. The average Bonchev–Trinajstić information content (AvgIpc) is 2.29. The second kappa shape index (κ2) is 5.19. The van der Waals surface area contributed by atoms with Crippen molar-refractivity contribution in [3.63, 3.8) is 0 Å². The lowest BCUT2D eigenvalue weighted by Crippen LogP contribution is -2.32. The molecule has 0 spiro atoms. The van der Waals surface area contributed by atoms with Crippen molar-refractivity contribution in [2.24, 2.45) is 5.41 Å². The van der Waals surface area contributed by atoms with Gasteiger partial charge in [0, 0.05) is 6.04 Å². The van der Waals surface area contributed by atoms with Crippen LogP contribution in [0.15, 0.2) is 18.2 Å². The summed E-state index contributed by atoms with van der Waals surface area (Å²) in [5, 5.41) is 3.29. The lowest BCUT2D eigenvalue weighted by atomic mass is 9.75. The lowest BCUT2D eigenvalue weighted by molar-refractivity contribution is -0.137. The summed E-state index contributed by atoms with van der Waals surface area (Å²) in [5.41, 5.74) is 6.06. The number of hydrogen-bond acceptors (Lipinski definition) is 2. The van der Waals surface area contributed by atoms with Gasteiger partial charge in [-0.25, -0.2) is 0 Å². The Hall–Kier alpha value is -1.39. The van der Waals surface area contributed by atoms with Crippen LogP contribution in [0.1, 0.15) is 45.1 Å². The van der Waals surface area contributed by atoms with E-state index in [4.69, 9.17) is 5.73 Å². The van der Waals surface area contributed by atoms with E-state index in [0.29, 0.717) is 5.69 Å². The van der Waals surface area contributed by atoms with E-state index in [9.17, 15) is 13.2 Å². The fraction of sp³-hybridized carbons (Fsp3) is 0.600. The Balaban J connectivity index is 2.10. The predicted octanol–water partition coefficient (Wildman–Crippen LogP) is 4.67. The summed E-state index contributed by atoms with van der Waals surface area (Å²) in [5.74, 6) is 0. The first-order valence-electron chi connectivity index (χ1n) is 6.91. The highest BCUT2D eigenvalue weighted by atomic mass is 19.4. The standard InChI is InChI=1S/C15H21F3N2/c1-14(2)7-3-4-11(9-14)20-13-6-5-10(8-12(13)19)15(16,17)18/h5-6,8,11,20H,3-4,7,9,19H2,1-2H3. The first kappa shape index (κ1) is 15.0. The highest BCUT2D eigenvalue weighted by molar-refractivity contribution is 5.67. The van der Waals surface area contributed by atoms with Crippen LogP contribution in [0.5, 0.6) is 0 Å². The van der Waals surface area contributed by atoms with Crippen LogP contribution in [-0.2, 0) is 6.18 Å². The third-order valence-electron chi connectivity index (χ3n) is 3.94. The average molecular weight is 286 g/mol. The van der Waals surface area contributed by atoms with Gasteiger partial charge in [-0.2, -0.15) is 13.2 Å². The summed E-state index contributed by atoms with van der Waals surface area (Å²) in [4.78, 5) is 0. The zero-order valence-electron chi connectivity index (χ0n) is 11.8. The van der Waals surface area contributed by atoms with Crippen molar-refractivity contribution >= 4 is 11.4 Å². The van der Waals surface area contributed by atoms with Crippen LogP contribution >= 0.6 is 0 Å². The third-order valence-corrected chi connectivity index (χ3v) is 3.94. The van der Waals surface area contributed by atoms with Gasteiger partial charge < -0.3 is 11.1 Å². The minimum absolute atomic E-state index is 0.156. The van der Waals surface area contributed by atoms with Crippen LogP contribution < -0.4 is 11.1 Å². The molecular weight excluding hydrogens is 265 g/mol. The van der Waals surface area contributed by atoms with Gasteiger partial charge in [-0.3, -0.25) is 0 Å². The first-order valence-corrected chi connectivity index (χ1v) is 6.91. The van der Waals surface area contributed by atoms with E-state index in [1.165, 1.54) is 12.5 Å². The molecule has 5 heteroatoms. The third kappa shape index (κ3) is 3.58. The Labute approximate surface area is 117 Å². The number of hydrogen-bond donors (Lipinski definition) is 2. The summed E-state index contributed by atoms with van der Waals surface area (Å²) >= 11 is 0. The van der Waals surface area contributed by atoms with Crippen molar-refractivity contribution < 1.29 is 13.2 Å². The van der Waals surface area contributed by atoms with Gasteiger partial charge in [-0.1, -0.05) is 20.3 Å². The molecule has 2 rings (SSSR count). The fourth-order valence-electron chi connectivity index (χ4n) is 2.91. The SMILES string of the molecule is CC1(C)CCCC(Nc2ccc(C(F)(F)F)cc2N)C1. The quantitative estimate of drug-likeness (QED) is 0.775. The molecule has 20 heavy (non-hydrogen) atoms. The van der Waals surface area contributed by atoms with E-state index in [1.807, 2.05) is 0 Å². The molecule has 0 bridgehead atoms. The van der Waals surface area contributed by atoms with Crippen molar-refractivity contribution in [2.75, 3.05) is 11.1 Å². The largest absolute Gasteiger partial charge is 0.416 e. The molecule has 1 aliphatic carbocycles. The molecule has 0 amide bonds. The second-order valence-corrected chi connectivity index (χ2v) is 6.40. The van der Waals surface area contributed by atoms with Gasteiger partial charge in [0.05, 0.1) is 16.9 Å². The molecular formula is C15H21F3N2. The molecule has 1 fully saturated rings. The summed E-state index contributed by atoms with van der Waals surface area (Å²) in [7, 11) is 0. The normalized spacial score (nSPS) is 22.6. The number of halogens is 3. The zero-order valence-corrected chi connectivity index (χ0v) is 11.8. The van der Waals surface area contributed by atoms with Gasteiger partial charge in [-0.05, 0) is 42.9 Å². The Bertz CT molecular complexity index is 480. The second-order valence-electron chi connectivity index (χ2n) is 6.40. The van der Waals surface area contributed by atoms with Crippen LogP contribution in [-0.4, -0.2) is 6.04 Å². The molecule has 2 nitrogen and oxygen atoms in total. The maximum absolute atomic E-state index is 12.6. The molecule has 1 aromatic carbocycles. The molecule has 1 saturated carbocycles. The van der Waals surface area contributed by atoms with Gasteiger partial charge in [0.25, 0.3) is 0 Å². The monoisotopic (exact) mass is 286 g/mol.